The summed E-state index contributed by atoms with van der Waals surface area (Å²) in [6.45, 7) is 6.76. The molecule has 32 heavy (non-hydrogen) atoms. The number of fused-ring (bicyclic) bond motifs is 1. The van der Waals surface area contributed by atoms with Crippen LogP contribution < -0.4 is 20.3 Å². The first kappa shape index (κ1) is 24.0. The van der Waals surface area contributed by atoms with E-state index in [4.69, 9.17) is 9.47 Å². The van der Waals surface area contributed by atoms with Gasteiger partial charge in [-0.3, -0.25) is 14.2 Å². The maximum Gasteiger partial charge on any atom is 0.261 e. The average Bonchev–Trinajstić information content (AvgIpc) is 2.80. The van der Waals surface area contributed by atoms with Gasteiger partial charge in [0.2, 0.25) is 5.91 Å². The van der Waals surface area contributed by atoms with E-state index in [1.165, 1.54) is 18.0 Å². The third-order valence-corrected chi connectivity index (χ3v) is 5.95. The van der Waals surface area contributed by atoms with Gasteiger partial charge in [0.25, 0.3) is 5.56 Å². The van der Waals surface area contributed by atoms with Crippen LogP contribution in [0.5, 0.6) is 11.5 Å². The summed E-state index contributed by atoms with van der Waals surface area (Å²) < 4.78 is 12.1. The number of amides is 1. The second-order valence-corrected chi connectivity index (χ2v) is 8.27. The van der Waals surface area contributed by atoms with E-state index in [9.17, 15) is 9.59 Å². The Balaban J connectivity index is 1.39. The molecule has 0 spiro atoms. The maximum absolute atomic E-state index is 12.8. The minimum Gasteiger partial charge on any atom is -0.493 e. The van der Waals surface area contributed by atoms with E-state index in [2.05, 4.69) is 27.1 Å². The van der Waals surface area contributed by atoms with Gasteiger partial charge in [0.15, 0.2) is 11.5 Å². The molecule has 0 unspecified atom stereocenters. The summed E-state index contributed by atoms with van der Waals surface area (Å²) in [4.78, 5) is 34.1. The van der Waals surface area contributed by atoms with Gasteiger partial charge in [-0.2, -0.15) is 0 Å². The van der Waals surface area contributed by atoms with E-state index in [-0.39, 0.29) is 11.5 Å². The highest BCUT2D eigenvalue weighted by Crippen LogP contribution is 2.29. The smallest absolute Gasteiger partial charge is 0.261 e. The van der Waals surface area contributed by atoms with Crippen molar-refractivity contribution >= 4 is 16.8 Å². The molecular formula is C23H35N5O4. The number of nitrogens with one attached hydrogen (secondary N) is 1. The van der Waals surface area contributed by atoms with Crippen LogP contribution in [0.3, 0.4) is 0 Å². The van der Waals surface area contributed by atoms with Crippen molar-refractivity contribution in [3.8, 4) is 11.5 Å². The van der Waals surface area contributed by atoms with Crippen LogP contribution in [0, 0.1) is 0 Å². The monoisotopic (exact) mass is 445 g/mol. The number of nitrogens with zero attached hydrogens (tertiary/aromatic N) is 4. The molecule has 2 heterocycles. The molecule has 9 heteroatoms. The Morgan fingerprint density at radius 3 is 2.47 bits per heavy atom. The van der Waals surface area contributed by atoms with Crippen LogP contribution in [-0.4, -0.2) is 85.8 Å². The Hall–Kier alpha value is -2.65. The van der Waals surface area contributed by atoms with Crippen LogP contribution in [0.1, 0.15) is 25.7 Å². The summed E-state index contributed by atoms with van der Waals surface area (Å²) in [5, 5.41) is 3.45. The van der Waals surface area contributed by atoms with Gasteiger partial charge in [-0.25, -0.2) is 4.98 Å². The number of carbonyl (C=O) groups is 1. The zero-order valence-corrected chi connectivity index (χ0v) is 19.4. The molecule has 0 bridgehead atoms. The number of aryl methyl sites for hydroxylation is 1. The van der Waals surface area contributed by atoms with Crippen molar-refractivity contribution in [2.24, 2.45) is 0 Å². The lowest BCUT2D eigenvalue weighted by atomic mass is 10.2. The number of piperazine rings is 1. The highest BCUT2D eigenvalue weighted by Gasteiger charge is 2.13. The zero-order valence-electron chi connectivity index (χ0n) is 19.4. The normalized spacial score (nSPS) is 15.1. The summed E-state index contributed by atoms with van der Waals surface area (Å²) in [7, 11) is 5.24. The molecule has 3 rings (SSSR count). The van der Waals surface area contributed by atoms with Crippen LogP contribution >= 0.6 is 0 Å². The minimum absolute atomic E-state index is 0.0257. The summed E-state index contributed by atoms with van der Waals surface area (Å²) in [5.74, 6) is 1.05. The van der Waals surface area contributed by atoms with Crippen LogP contribution in [0.4, 0.5) is 0 Å². The maximum atomic E-state index is 12.8. The molecule has 1 aromatic heterocycles. The molecular weight excluding hydrogens is 410 g/mol. The van der Waals surface area contributed by atoms with Gasteiger partial charge in [0.1, 0.15) is 0 Å². The average molecular weight is 446 g/mol. The largest absolute Gasteiger partial charge is 0.493 e. The molecule has 1 aromatic carbocycles. The molecule has 9 nitrogen and oxygen atoms in total. The fourth-order valence-corrected chi connectivity index (χ4v) is 3.90. The minimum atomic E-state index is -0.153. The Bertz CT molecular complexity index is 953. The van der Waals surface area contributed by atoms with Gasteiger partial charge in [-0.05, 0) is 38.9 Å². The predicted molar refractivity (Wildman–Crippen MR) is 125 cm³/mol. The number of aromatic nitrogens is 2. The molecule has 1 N–H and O–H groups in total. The third kappa shape index (κ3) is 6.43. The predicted octanol–water partition coefficient (Wildman–Crippen LogP) is 1.34. The van der Waals surface area contributed by atoms with Crippen molar-refractivity contribution in [1.29, 1.82) is 0 Å². The van der Waals surface area contributed by atoms with E-state index in [0.717, 1.165) is 45.6 Å². The number of rotatable bonds is 11. The lowest BCUT2D eigenvalue weighted by Gasteiger charge is -2.32. The van der Waals surface area contributed by atoms with Crippen molar-refractivity contribution in [3.63, 3.8) is 0 Å². The number of benzene rings is 1. The van der Waals surface area contributed by atoms with Gasteiger partial charge in [-0.1, -0.05) is 0 Å². The fourth-order valence-electron chi connectivity index (χ4n) is 3.90. The molecule has 0 saturated carbocycles. The lowest BCUT2D eigenvalue weighted by molar-refractivity contribution is -0.121. The zero-order chi connectivity index (χ0) is 22.9. The molecule has 176 valence electrons. The van der Waals surface area contributed by atoms with E-state index in [1.54, 1.807) is 19.2 Å². The van der Waals surface area contributed by atoms with Gasteiger partial charge < -0.3 is 24.6 Å². The first-order chi connectivity index (χ1) is 15.5. The Kier molecular flexibility index (Phi) is 8.87. The van der Waals surface area contributed by atoms with E-state index >= 15 is 0 Å². The molecule has 0 atom stereocenters. The quantitative estimate of drug-likeness (QED) is 0.522. The van der Waals surface area contributed by atoms with Crippen LogP contribution in [0.25, 0.3) is 10.9 Å². The number of carbonyl (C=O) groups excluding carboxylic acids is 1. The number of ether oxygens (including phenoxy) is 2. The van der Waals surface area contributed by atoms with Crippen molar-refractivity contribution in [2.75, 3.05) is 60.5 Å². The Labute approximate surface area is 189 Å². The second-order valence-electron chi connectivity index (χ2n) is 8.27. The van der Waals surface area contributed by atoms with Crippen LogP contribution in [0.2, 0.25) is 0 Å². The number of methoxy groups -OCH3 is 2. The SMILES string of the molecule is COc1cc2ncn(CCCC(=O)NCCCCN3CCN(C)CC3)c(=O)c2cc1OC. The Morgan fingerprint density at radius 2 is 1.75 bits per heavy atom. The number of likely N-dealkylation sites (N-methyl/N-ethyl adjacent to an activating group) is 1. The molecule has 2 aromatic rings. The van der Waals surface area contributed by atoms with Crippen molar-refractivity contribution in [3.05, 3.63) is 28.8 Å². The molecule has 0 radical (unpaired) electrons. The first-order valence-corrected chi connectivity index (χ1v) is 11.3. The van der Waals surface area contributed by atoms with Crippen LogP contribution in [0.15, 0.2) is 23.3 Å². The van der Waals surface area contributed by atoms with E-state index in [1.807, 2.05) is 0 Å². The van der Waals surface area contributed by atoms with Crippen molar-refractivity contribution in [2.45, 2.75) is 32.2 Å². The summed E-state index contributed by atoms with van der Waals surface area (Å²) >= 11 is 0. The topological polar surface area (TPSA) is 88.9 Å². The highest BCUT2D eigenvalue weighted by atomic mass is 16.5. The molecule has 0 aliphatic carbocycles. The van der Waals surface area contributed by atoms with Gasteiger partial charge >= 0.3 is 0 Å². The molecule has 1 aliphatic heterocycles. The van der Waals surface area contributed by atoms with E-state index in [0.29, 0.717) is 48.3 Å². The van der Waals surface area contributed by atoms with Crippen LogP contribution in [-0.2, 0) is 11.3 Å². The fraction of sp³-hybridized carbons (Fsp3) is 0.609. The molecule has 1 saturated heterocycles. The highest BCUT2D eigenvalue weighted by molar-refractivity contribution is 5.81. The third-order valence-electron chi connectivity index (χ3n) is 5.95. The second kappa shape index (κ2) is 11.8. The van der Waals surface area contributed by atoms with Gasteiger partial charge in [-0.15, -0.1) is 0 Å². The number of hydrogen-bond donors (Lipinski definition) is 1. The molecule has 1 aliphatic rings. The summed E-state index contributed by atoms with van der Waals surface area (Å²) in [5.41, 5.74) is 0.401. The van der Waals surface area contributed by atoms with Crippen molar-refractivity contribution in [1.82, 2.24) is 24.7 Å². The van der Waals surface area contributed by atoms with Crippen molar-refractivity contribution < 1.29 is 14.3 Å². The van der Waals surface area contributed by atoms with Gasteiger partial charge in [0, 0.05) is 51.8 Å². The first-order valence-electron chi connectivity index (χ1n) is 11.3. The summed E-state index contributed by atoms with van der Waals surface area (Å²) in [6.07, 6.45) is 4.56. The molecule has 1 fully saturated rings. The van der Waals surface area contributed by atoms with E-state index < -0.39 is 0 Å². The number of unbranched alkanes of at least 4 members (excludes halogenated alkanes) is 1. The standard InChI is InChI=1S/C23H35N5O4/c1-26-11-13-27(14-12-26)9-5-4-8-24-22(29)7-6-10-28-17-25-19-16-21(32-3)20(31-2)15-18(19)23(28)30/h15-17H,4-14H2,1-3H3,(H,24,29). The summed E-state index contributed by atoms with van der Waals surface area (Å²) in [6, 6.07) is 3.34. The molecule has 1 amide bonds. The lowest BCUT2D eigenvalue weighted by Crippen LogP contribution is -2.44. The van der Waals surface area contributed by atoms with Gasteiger partial charge in [0.05, 0.1) is 31.4 Å². The number of hydrogen-bond acceptors (Lipinski definition) is 7. The Morgan fingerprint density at radius 1 is 1.03 bits per heavy atom.